The quantitative estimate of drug-likeness (QED) is 0.0372. The highest BCUT2D eigenvalue weighted by Crippen LogP contribution is 2.31. The van der Waals surface area contributed by atoms with Gasteiger partial charge in [-0.15, -0.1) is 0 Å². The summed E-state index contributed by atoms with van der Waals surface area (Å²) < 4.78 is 30.7. The lowest BCUT2D eigenvalue weighted by molar-refractivity contribution is -0.130. The molecule has 12 nitrogen and oxygen atoms in total. The molecule has 1 saturated heterocycles. The number of carbonyl (C=O) groups excluding carboxylic acids is 3. The number of fused-ring (bicyclic) bond motifs is 1. The molecule has 0 spiro atoms. The van der Waals surface area contributed by atoms with Crippen molar-refractivity contribution in [3.05, 3.63) is 135 Å². The summed E-state index contributed by atoms with van der Waals surface area (Å²) in [7, 11) is 0. The Morgan fingerprint density at radius 1 is 0.828 bits per heavy atom. The number of halogens is 4. The number of benzene rings is 4. The number of carbonyl (C=O) groups is 3. The lowest BCUT2D eigenvalue weighted by atomic mass is 10.0. The lowest BCUT2D eigenvalue weighted by Gasteiger charge is -2.24. The van der Waals surface area contributed by atoms with Crippen molar-refractivity contribution in [2.24, 2.45) is 16.5 Å². The van der Waals surface area contributed by atoms with Gasteiger partial charge in [-0.1, -0.05) is 71.7 Å². The molecule has 2 heterocycles. The first kappa shape index (κ1) is 41.9. The van der Waals surface area contributed by atoms with Crippen LogP contribution in [0.1, 0.15) is 54.0 Å². The molecule has 4 amide bonds. The zero-order chi connectivity index (χ0) is 41.2. The van der Waals surface area contributed by atoms with Crippen LogP contribution in [0.15, 0.2) is 96.1 Å². The molecular formula is C42H45Cl2F2N9O3. The predicted molar refractivity (Wildman–Crippen MR) is 223 cm³/mol. The lowest BCUT2D eigenvalue weighted by Crippen LogP contribution is -2.51. The summed E-state index contributed by atoms with van der Waals surface area (Å²) in [5.74, 6) is -3.82. The van der Waals surface area contributed by atoms with Gasteiger partial charge in [0.1, 0.15) is 12.1 Å². The second-order valence-electron chi connectivity index (χ2n) is 14.1. The SMILES string of the molecule is NC(N)=NCCC[C@H](NC(=O)[C@@H](NC(=O)Nc1ccc2c(CN3CCCC3)cn(Cc3c(Cl)cccc3Cl)c2c1)c1ccc(F)c(F)c1)C(=O)NCc1ccccc1. The van der Waals surface area contributed by atoms with Crippen molar-refractivity contribution < 1.29 is 23.2 Å². The van der Waals surface area contributed by atoms with Crippen molar-refractivity contribution in [3.8, 4) is 0 Å². The molecule has 0 saturated carbocycles. The zero-order valence-corrected chi connectivity index (χ0v) is 33.1. The minimum atomic E-state index is -1.54. The monoisotopic (exact) mass is 831 g/mol. The molecule has 0 radical (unpaired) electrons. The third kappa shape index (κ3) is 11.0. The number of amides is 4. The third-order valence-electron chi connectivity index (χ3n) is 9.91. The first-order chi connectivity index (χ1) is 27.9. The summed E-state index contributed by atoms with van der Waals surface area (Å²) in [5.41, 5.74) is 14.8. The Hall–Kier alpha value is -5.70. The van der Waals surface area contributed by atoms with E-state index in [9.17, 15) is 23.2 Å². The fraction of sp³-hybridized carbons (Fsp3) is 0.286. The number of nitrogens with one attached hydrogen (secondary N) is 4. The van der Waals surface area contributed by atoms with E-state index >= 15 is 0 Å². The van der Waals surface area contributed by atoms with Crippen molar-refractivity contribution in [1.82, 2.24) is 25.4 Å². The highest BCUT2D eigenvalue weighted by atomic mass is 35.5. The number of nitrogens with zero attached hydrogens (tertiary/aromatic N) is 3. The molecule has 16 heteroatoms. The fourth-order valence-electron chi connectivity index (χ4n) is 6.96. The topological polar surface area (TPSA) is 172 Å². The molecule has 2 atom stereocenters. The summed E-state index contributed by atoms with van der Waals surface area (Å²) in [6.07, 6.45) is 4.79. The van der Waals surface area contributed by atoms with Crippen LogP contribution in [-0.2, 0) is 29.2 Å². The van der Waals surface area contributed by atoms with Gasteiger partial charge >= 0.3 is 6.03 Å². The van der Waals surface area contributed by atoms with Crippen LogP contribution in [0, 0.1) is 11.6 Å². The summed E-state index contributed by atoms with van der Waals surface area (Å²) in [4.78, 5) is 47.5. The molecule has 304 valence electrons. The number of nitrogens with two attached hydrogens (primary N) is 2. The molecule has 8 N–H and O–H groups in total. The van der Waals surface area contributed by atoms with Gasteiger partial charge in [-0.25, -0.2) is 13.6 Å². The van der Waals surface area contributed by atoms with Gasteiger partial charge in [0.25, 0.3) is 0 Å². The third-order valence-corrected chi connectivity index (χ3v) is 10.6. The van der Waals surface area contributed by atoms with Gasteiger partial charge in [0, 0.05) is 52.5 Å². The molecule has 1 aliphatic rings. The van der Waals surface area contributed by atoms with Crippen LogP contribution in [0.2, 0.25) is 10.0 Å². The van der Waals surface area contributed by atoms with E-state index in [-0.39, 0.29) is 31.0 Å². The number of hydrogen-bond acceptors (Lipinski definition) is 5. The molecule has 58 heavy (non-hydrogen) atoms. The van der Waals surface area contributed by atoms with Crippen LogP contribution >= 0.6 is 23.2 Å². The maximum Gasteiger partial charge on any atom is 0.320 e. The number of aromatic nitrogens is 1. The number of hydrogen-bond donors (Lipinski definition) is 6. The average Bonchev–Trinajstić information content (AvgIpc) is 3.84. The molecule has 5 aromatic rings. The Kier molecular flexibility index (Phi) is 14.2. The van der Waals surface area contributed by atoms with Crippen LogP contribution in [0.3, 0.4) is 0 Å². The van der Waals surface area contributed by atoms with Gasteiger partial charge in [0.05, 0.1) is 12.1 Å². The molecule has 1 fully saturated rings. The van der Waals surface area contributed by atoms with Gasteiger partial charge in [0.2, 0.25) is 11.8 Å². The second-order valence-corrected chi connectivity index (χ2v) is 14.9. The summed E-state index contributed by atoms with van der Waals surface area (Å²) >= 11 is 13.1. The van der Waals surface area contributed by atoms with Crippen LogP contribution in [-0.4, -0.2) is 58.9 Å². The van der Waals surface area contributed by atoms with Crippen molar-refractivity contribution in [2.75, 3.05) is 25.0 Å². The number of aliphatic imine (C=N–C) groups is 1. The maximum absolute atomic E-state index is 14.6. The largest absolute Gasteiger partial charge is 0.370 e. The van der Waals surface area contributed by atoms with Gasteiger partial charge in [-0.05, 0) is 91.9 Å². The van der Waals surface area contributed by atoms with E-state index in [0.29, 0.717) is 28.7 Å². The minimum Gasteiger partial charge on any atom is -0.370 e. The average molecular weight is 833 g/mol. The molecular weight excluding hydrogens is 787 g/mol. The summed E-state index contributed by atoms with van der Waals surface area (Å²) in [6.45, 7) is 3.50. The molecule has 0 bridgehead atoms. The van der Waals surface area contributed by atoms with Gasteiger partial charge in [-0.2, -0.15) is 0 Å². The Morgan fingerprint density at radius 3 is 2.28 bits per heavy atom. The van der Waals surface area contributed by atoms with E-state index in [1.165, 1.54) is 6.07 Å². The Bertz CT molecular complexity index is 2260. The fourth-order valence-corrected chi connectivity index (χ4v) is 7.48. The highest BCUT2D eigenvalue weighted by molar-refractivity contribution is 6.36. The van der Waals surface area contributed by atoms with Crippen molar-refractivity contribution >= 4 is 63.6 Å². The van der Waals surface area contributed by atoms with E-state index in [2.05, 4.69) is 37.4 Å². The van der Waals surface area contributed by atoms with E-state index in [4.69, 9.17) is 34.7 Å². The number of anilines is 1. The van der Waals surface area contributed by atoms with Crippen LogP contribution in [0.25, 0.3) is 10.9 Å². The van der Waals surface area contributed by atoms with Crippen LogP contribution in [0.5, 0.6) is 0 Å². The minimum absolute atomic E-state index is 0.0528. The van der Waals surface area contributed by atoms with E-state index in [1.54, 1.807) is 24.3 Å². The first-order valence-electron chi connectivity index (χ1n) is 18.9. The smallest absolute Gasteiger partial charge is 0.320 e. The second kappa shape index (κ2) is 19.6. The zero-order valence-electron chi connectivity index (χ0n) is 31.6. The summed E-state index contributed by atoms with van der Waals surface area (Å²) in [6, 6.07) is 19.4. The highest BCUT2D eigenvalue weighted by Gasteiger charge is 2.29. The molecule has 4 aromatic carbocycles. The molecule has 6 rings (SSSR count). The van der Waals surface area contributed by atoms with E-state index in [0.717, 1.165) is 72.2 Å². The van der Waals surface area contributed by atoms with E-state index in [1.807, 2.05) is 47.0 Å². The van der Waals surface area contributed by atoms with Crippen molar-refractivity contribution in [2.45, 2.75) is 57.4 Å². The number of likely N-dealkylation sites (tertiary alicyclic amines) is 1. The number of guanidine groups is 1. The van der Waals surface area contributed by atoms with Crippen molar-refractivity contribution in [3.63, 3.8) is 0 Å². The normalized spacial score (nSPS) is 13.8. The first-order valence-corrected chi connectivity index (χ1v) is 19.7. The number of rotatable bonds is 16. The Balaban J connectivity index is 1.24. The van der Waals surface area contributed by atoms with Gasteiger partial charge in [0.15, 0.2) is 17.6 Å². The van der Waals surface area contributed by atoms with Gasteiger partial charge < -0.3 is 37.3 Å². The van der Waals surface area contributed by atoms with Crippen molar-refractivity contribution in [1.29, 1.82) is 0 Å². The van der Waals surface area contributed by atoms with Crippen LogP contribution in [0.4, 0.5) is 19.3 Å². The Morgan fingerprint density at radius 2 is 1.57 bits per heavy atom. The molecule has 1 aliphatic heterocycles. The summed E-state index contributed by atoms with van der Waals surface area (Å²) in [5, 5.41) is 12.9. The number of urea groups is 1. The Labute approximate surface area is 344 Å². The molecule has 0 unspecified atom stereocenters. The molecule has 1 aromatic heterocycles. The van der Waals surface area contributed by atoms with Gasteiger partial charge in [-0.3, -0.25) is 19.5 Å². The predicted octanol–water partition coefficient (Wildman–Crippen LogP) is 6.59. The van der Waals surface area contributed by atoms with Crippen LogP contribution < -0.4 is 32.7 Å². The molecule has 0 aliphatic carbocycles. The maximum atomic E-state index is 14.6. The standard InChI is InChI=1S/C42H45Cl2F2N9O3/c43-32-10-6-11-33(44)31(32)25-55-24-28(23-54-18-4-5-19-54)30-15-14-29(21-37(30)55)51-42(58)53-38(27-13-16-34(45)35(46)20-27)40(57)52-36(12-7-17-49-41(47)48)39(56)50-22-26-8-2-1-3-9-26/h1-3,6,8-11,13-16,20-21,24,36,38H,4-5,7,12,17-19,22-23,25H2,(H,50,56)(H,52,57)(H4,47,48,49)(H2,51,53,58)/t36-,38-/m0/s1. The van der Waals surface area contributed by atoms with E-state index < -0.39 is 41.6 Å².